The van der Waals surface area contributed by atoms with E-state index in [0.29, 0.717) is 16.9 Å². The zero-order valence-corrected chi connectivity index (χ0v) is 16.8. The number of ether oxygens (including phenoxy) is 1. The third-order valence-electron chi connectivity index (χ3n) is 3.65. The van der Waals surface area contributed by atoms with Crippen molar-refractivity contribution >= 4 is 40.9 Å². The normalized spacial score (nSPS) is 10.2. The van der Waals surface area contributed by atoms with E-state index in [0.717, 1.165) is 10.6 Å². The highest BCUT2D eigenvalue weighted by molar-refractivity contribution is 7.98. The average Bonchev–Trinajstić information content (AvgIpc) is 3.29. The number of aromatic nitrogens is 1. The largest absolute Gasteiger partial charge is 0.452 e. The lowest BCUT2D eigenvalue weighted by Crippen LogP contribution is -2.43. The summed E-state index contributed by atoms with van der Waals surface area (Å²) in [6, 6.07) is 15.4. The van der Waals surface area contributed by atoms with Crippen LogP contribution in [0.2, 0.25) is 0 Å². The molecule has 0 bridgehead atoms. The first-order chi connectivity index (χ1) is 14.1. The minimum absolute atomic E-state index is 0.369. The van der Waals surface area contributed by atoms with Gasteiger partial charge in [0.25, 0.3) is 11.8 Å². The summed E-state index contributed by atoms with van der Waals surface area (Å²) in [6.07, 6.45) is 0. The molecule has 9 heteroatoms. The fourth-order valence-corrected chi connectivity index (χ4v) is 3.86. The van der Waals surface area contributed by atoms with Gasteiger partial charge in [-0.3, -0.25) is 20.4 Å². The van der Waals surface area contributed by atoms with Gasteiger partial charge in [0.05, 0.1) is 16.8 Å². The second kappa shape index (κ2) is 10.4. The summed E-state index contributed by atoms with van der Waals surface area (Å²) in [6.45, 7) is -0.515. The monoisotopic (exact) mass is 427 g/mol. The number of carbonyl (C=O) groups is 3. The van der Waals surface area contributed by atoms with Crippen LogP contribution in [-0.2, 0) is 15.3 Å². The van der Waals surface area contributed by atoms with Gasteiger partial charge < -0.3 is 4.74 Å². The van der Waals surface area contributed by atoms with Gasteiger partial charge in [0.2, 0.25) is 0 Å². The molecule has 1 aromatic heterocycles. The van der Waals surface area contributed by atoms with Crippen molar-refractivity contribution in [2.45, 2.75) is 10.6 Å². The van der Waals surface area contributed by atoms with Crippen LogP contribution in [0, 0.1) is 0 Å². The third-order valence-corrected chi connectivity index (χ3v) is 5.39. The Bertz CT molecular complexity index is 978. The zero-order valence-electron chi connectivity index (χ0n) is 15.2. The Morgan fingerprint density at radius 3 is 2.52 bits per heavy atom. The average molecular weight is 428 g/mol. The van der Waals surface area contributed by atoms with E-state index in [1.807, 2.05) is 17.5 Å². The maximum absolute atomic E-state index is 12.4. The summed E-state index contributed by atoms with van der Waals surface area (Å²) in [5, 5.41) is 1.95. The van der Waals surface area contributed by atoms with Crippen molar-refractivity contribution in [3.05, 3.63) is 82.3 Å². The molecule has 2 N–H and O–H groups in total. The molecule has 0 saturated heterocycles. The molecular formula is C20H17N3O4S2. The number of esters is 1. The van der Waals surface area contributed by atoms with Crippen LogP contribution in [0.1, 0.15) is 26.4 Å². The van der Waals surface area contributed by atoms with E-state index in [-0.39, 0.29) is 0 Å². The molecule has 0 saturated carbocycles. The lowest BCUT2D eigenvalue weighted by Gasteiger charge is -2.10. The predicted molar refractivity (Wildman–Crippen MR) is 110 cm³/mol. The van der Waals surface area contributed by atoms with Crippen LogP contribution in [0.4, 0.5) is 0 Å². The molecule has 0 radical (unpaired) electrons. The molecule has 0 fully saturated rings. The van der Waals surface area contributed by atoms with Gasteiger partial charge >= 0.3 is 5.97 Å². The highest BCUT2D eigenvalue weighted by Gasteiger charge is 2.15. The smallest absolute Gasteiger partial charge is 0.339 e. The molecule has 0 spiro atoms. The van der Waals surface area contributed by atoms with Crippen molar-refractivity contribution in [1.29, 1.82) is 0 Å². The first kappa shape index (κ1) is 20.6. The highest BCUT2D eigenvalue weighted by Crippen LogP contribution is 2.26. The van der Waals surface area contributed by atoms with E-state index in [1.54, 1.807) is 48.0 Å². The van der Waals surface area contributed by atoms with Crippen LogP contribution in [0.5, 0.6) is 0 Å². The molecule has 29 heavy (non-hydrogen) atoms. The van der Waals surface area contributed by atoms with Crippen molar-refractivity contribution in [2.75, 3.05) is 6.61 Å². The maximum Gasteiger partial charge on any atom is 0.339 e. The van der Waals surface area contributed by atoms with Crippen LogP contribution < -0.4 is 10.9 Å². The first-order valence-electron chi connectivity index (χ1n) is 8.53. The number of nitrogens with zero attached hydrogens (tertiary/aromatic N) is 1. The molecular weight excluding hydrogens is 410 g/mol. The first-order valence-corrected chi connectivity index (χ1v) is 10.5. The molecule has 0 aliphatic carbocycles. The highest BCUT2D eigenvalue weighted by atomic mass is 32.2. The van der Waals surface area contributed by atoms with Gasteiger partial charge in [0.1, 0.15) is 0 Å². The van der Waals surface area contributed by atoms with Gasteiger partial charge in [-0.25, -0.2) is 9.78 Å². The van der Waals surface area contributed by atoms with Crippen molar-refractivity contribution in [2.24, 2.45) is 0 Å². The summed E-state index contributed by atoms with van der Waals surface area (Å²) in [5.74, 6) is -1.10. The van der Waals surface area contributed by atoms with E-state index in [4.69, 9.17) is 4.74 Å². The van der Waals surface area contributed by atoms with Crippen LogP contribution in [-0.4, -0.2) is 29.4 Å². The van der Waals surface area contributed by atoms with Gasteiger partial charge in [-0.05, 0) is 24.3 Å². The number of hydrogen-bond donors (Lipinski definition) is 2. The topological polar surface area (TPSA) is 97.4 Å². The lowest BCUT2D eigenvalue weighted by molar-refractivity contribution is -0.125. The minimum Gasteiger partial charge on any atom is -0.452 e. The molecule has 0 atom stereocenters. The number of hydrazine groups is 1. The molecule has 2 aromatic carbocycles. The van der Waals surface area contributed by atoms with Crippen LogP contribution in [0.15, 0.2) is 70.4 Å². The Morgan fingerprint density at radius 2 is 1.76 bits per heavy atom. The van der Waals surface area contributed by atoms with Gasteiger partial charge in [-0.2, -0.15) is 0 Å². The van der Waals surface area contributed by atoms with Gasteiger partial charge in [0, 0.05) is 21.6 Å². The Hall–Kier alpha value is -3.17. The Morgan fingerprint density at radius 1 is 1.00 bits per heavy atom. The second-order valence-corrected chi connectivity index (χ2v) is 7.44. The number of benzene rings is 2. The van der Waals surface area contributed by atoms with E-state index in [2.05, 4.69) is 15.8 Å². The van der Waals surface area contributed by atoms with Crippen LogP contribution >= 0.6 is 23.1 Å². The third kappa shape index (κ3) is 6.16. The SMILES string of the molecule is O=C(COC(=O)c1ccccc1SCc1cscn1)NNC(=O)c1ccccc1. The Balaban J connectivity index is 1.48. The Labute approximate surface area is 175 Å². The second-order valence-electron chi connectivity index (χ2n) is 5.71. The fourth-order valence-electron chi connectivity index (χ4n) is 2.25. The predicted octanol–water partition coefficient (Wildman–Crippen LogP) is 3.05. The molecule has 0 unspecified atom stereocenters. The van der Waals surface area contributed by atoms with Crippen LogP contribution in [0.3, 0.4) is 0 Å². The number of hydrogen-bond acceptors (Lipinski definition) is 7. The number of rotatable bonds is 7. The fraction of sp³-hybridized carbons (Fsp3) is 0.100. The molecule has 3 aromatic rings. The number of nitrogens with one attached hydrogen (secondary N) is 2. The molecule has 0 aliphatic heterocycles. The zero-order chi connectivity index (χ0) is 20.5. The standard InChI is InChI=1S/C20H17N3O4S2/c24-18(22-23-19(25)14-6-2-1-3-7-14)10-27-20(26)16-8-4-5-9-17(16)29-12-15-11-28-13-21-15/h1-9,11,13H,10,12H2,(H,22,24)(H,23,25). The van der Waals surface area contributed by atoms with Gasteiger partial charge in [-0.1, -0.05) is 30.3 Å². The van der Waals surface area contributed by atoms with Crippen molar-refractivity contribution in [3.63, 3.8) is 0 Å². The molecule has 1 heterocycles. The lowest BCUT2D eigenvalue weighted by atomic mass is 10.2. The van der Waals surface area contributed by atoms with E-state index < -0.39 is 24.4 Å². The van der Waals surface area contributed by atoms with E-state index in [9.17, 15) is 14.4 Å². The number of thiazole rings is 1. The minimum atomic E-state index is -0.643. The maximum atomic E-state index is 12.4. The van der Waals surface area contributed by atoms with Crippen molar-refractivity contribution in [3.8, 4) is 0 Å². The molecule has 148 valence electrons. The molecule has 7 nitrogen and oxygen atoms in total. The number of carbonyl (C=O) groups excluding carboxylic acids is 3. The summed E-state index contributed by atoms with van der Waals surface area (Å²) in [4.78, 5) is 41.1. The van der Waals surface area contributed by atoms with E-state index in [1.165, 1.54) is 23.1 Å². The summed E-state index contributed by atoms with van der Waals surface area (Å²) in [7, 11) is 0. The Kier molecular flexibility index (Phi) is 7.37. The number of amides is 2. The van der Waals surface area contributed by atoms with Gasteiger partial charge in [-0.15, -0.1) is 23.1 Å². The van der Waals surface area contributed by atoms with Gasteiger partial charge in [0.15, 0.2) is 6.61 Å². The number of thioether (sulfide) groups is 1. The summed E-state index contributed by atoms with van der Waals surface area (Å²) in [5.41, 5.74) is 7.94. The summed E-state index contributed by atoms with van der Waals surface area (Å²) >= 11 is 2.98. The van der Waals surface area contributed by atoms with Crippen molar-refractivity contribution in [1.82, 2.24) is 15.8 Å². The van der Waals surface area contributed by atoms with E-state index >= 15 is 0 Å². The molecule has 0 aliphatic rings. The summed E-state index contributed by atoms with van der Waals surface area (Å²) < 4.78 is 5.08. The van der Waals surface area contributed by atoms with Crippen molar-refractivity contribution < 1.29 is 19.1 Å². The quantitative estimate of drug-likeness (QED) is 0.342. The molecule has 2 amide bonds. The van der Waals surface area contributed by atoms with Crippen LogP contribution in [0.25, 0.3) is 0 Å². The molecule has 3 rings (SSSR count).